The molecule has 17 heavy (non-hydrogen) atoms. The summed E-state index contributed by atoms with van der Waals surface area (Å²) >= 11 is 0. The van der Waals surface area contributed by atoms with Gasteiger partial charge in [0.05, 0.1) is 10.3 Å². The van der Waals surface area contributed by atoms with Gasteiger partial charge in [0.1, 0.15) is 0 Å². The van der Waals surface area contributed by atoms with Crippen LogP contribution >= 0.6 is 8.25 Å². The first kappa shape index (κ1) is 13.2. The van der Waals surface area contributed by atoms with Crippen molar-refractivity contribution in [2.45, 2.75) is 0 Å². The van der Waals surface area contributed by atoms with Gasteiger partial charge in [-0.3, -0.25) is 10.1 Å². The van der Waals surface area contributed by atoms with E-state index in [2.05, 4.69) is 0 Å². The van der Waals surface area contributed by atoms with Crippen LogP contribution in [0.1, 0.15) is 0 Å². The van der Waals surface area contributed by atoms with E-state index in [1.165, 1.54) is 6.07 Å². The van der Waals surface area contributed by atoms with Crippen molar-refractivity contribution >= 4 is 24.7 Å². The van der Waals surface area contributed by atoms with Gasteiger partial charge in [-0.2, -0.15) is 0 Å². The van der Waals surface area contributed by atoms with Crippen molar-refractivity contribution in [3.05, 3.63) is 52.6 Å². The van der Waals surface area contributed by atoms with Gasteiger partial charge >= 0.3 is 8.25 Å². The molecule has 0 saturated heterocycles. The van der Waals surface area contributed by atoms with Crippen molar-refractivity contribution < 1.29 is 19.3 Å². The maximum Gasteiger partial charge on any atom is 0.692 e. The van der Waals surface area contributed by atoms with Crippen LogP contribution in [0.15, 0.2) is 42.5 Å². The minimum absolute atomic E-state index is 0.165. The summed E-state index contributed by atoms with van der Waals surface area (Å²) in [6.45, 7) is 0. The van der Waals surface area contributed by atoms with Crippen molar-refractivity contribution in [1.29, 1.82) is 0 Å². The lowest BCUT2D eigenvalue weighted by Gasteiger charge is -1.97. The molecule has 0 atom stereocenters. The number of hydrogen-bond donors (Lipinski definition) is 2. The van der Waals surface area contributed by atoms with Gasteiger partial charge in [-0.1, -0.05) is 30.3 Å². The Morgan fingerprint density at radius 3 is 2.18 bits per heavy atom. The van der Waals surface area contributed by atoms with Gasteiger partial charge in [-0.25, -0.2) is 0 Å². The molecule has 0 aliphatic heterocycles. The lowest BCUT2D eigenvalue weighted by atomic mass is 10.1. The van der Waals surface area contributed by atoms with E-state index in [0.717, 1.165) is 5.39 Å². The molecule has 0 amide bonds. The summed E-state index contributed by atoms with van der Waals surface area (Å²) in [5, 5.41) is 12.2. The summed E-state index contributed by atoms with van der Waals surface area (Å²) < 4.78 is 8.70. The predicted octanol–water partition coefficient (Wildman–Crippen LogP) is 2.38. The maximum absolute atomic E-state index is 10.6. The van der Waals surface area contributed by atoms with Crippen LogP contribution in [0.25, 0.3) is 10.8 Å². The molecule has 2 aromatic rings. The Hall–Kier alpha value is -1.88. The molecular weight excluding hydrogens is 245 g/mol. The molecule has 7 heteroatoms. The molecule has 0 unspecified atom stereocenters. The number of nitro benzene ring substituents is 1. The molecule has 0 bridgehead atoms. The van der Waals surface area contributed by atoms with E-state index in [1.807, 2.05) is 18.2 Å². The minimum Gasteiger partial charge on any atom is -0.258 e. The third-order valence-electron chi connectivity index (χ3n) is 1.96. The lowest BCUT2D eigenvalue weighted by molar-refractivity contribution is -0.383. The highest BCUT2D eigenvalue weighted by Gasteiger charge is 2.08. The van der Waals surface area contributed by atoms with Gasteiger partial charge < -0.3 is 0 Å². The molecule has 0 saturated carbocycles. The van der Waals surface area contributed by atoms with Crippen LogP contribution in [0.3, 0.4) is 0 Å². The fraction of sp³-hybridized carbons (Fsp3) is 0. The van der Waals surface area contributed by atoms with Gasteiger partial charge in [0.15, 0.2) is 0 Å². The molecule has 2 N–H and O–H groups in total. The number of rotatable bonds is 1. The molecule has 88 valence electrons. The van der Waals surface area contributed by atoms with Crippen molar-refractivity contribution in [2.24, 2.45) is 0 Å². The van der Waals surface area contributed by atoms with E-state index in [9.17, 15) is 10.1 Å². The molecule has 2 aromatic carbocycles. The quantitative estimate of drug-likeness (QED) is 0.462. The van der Waals surface area contributed by atoms with Gasteiger partial charge in [-0.15, -0.1) is 9.79 Å². The number of nitro groups is 1. The van der Waals surface area contributed by atoms with Crippen molar-refractivity contribution in [3.63, 3.8) is 0 Å². The summed E-state index contributed by atoms with van der Waals surface area (Å²) in [7, 11) is -2.87. The summed E-state index contributed by atoms with van der Waals surface area (Å²) in [6.07, 6.45) is 0. The fourth-order valence-electron chi connectivity index (χ4n) is 1.37. The second-order valence-corrected chi connectivity index (χ2v) is 3.51. The molecular formula is C10H9NO5P+. The summed E-state index contributed by atoms with van der Waals surface area (Å²) in [5.41, 5.74) is 0.165. The normalized spacial score (nSPS) is 9.29. The average Bonchev–Trinajstić information content (AvgIpc) is 2.27. The molecule has 0 spiro atoms. The first-order chi connectivity index (χ1) is 8.02. The van der Waals surface area contributed by atoms with Gasteiger partial charge in [0, 0.05) is 10.6 Å². The highest BCUT2D eigenvalue weighted by Crippen LogP contribution is 2.24. The molecule has 0 heterocycles. The first-order valence-electron chi connectivity index (χ1n) is 4.49. The third-order valence-corrected chi connectivity index (χ3v) is 1.96. The first-order valence-corrected chi connectivity index (χ1v) is 5.66. The number of benzene rings is 2. The number of non-ortho nitro benzene ring substituents is 1. The largest absolute Gasteiger partial charge is 0.692 e. The molecule has 0 radical (unpaired) electrons. The maximum atomic E-state index is 10.6. The van der Waals surface area contributed by atoms with E-state index in [1.54, 1.807) is 18.2 Å². The number of nitrogens with zero attached hydrogens (tertiary/aromatic N) is 1. The molecule has 2 rings (SSSR count). The number of hydrogen-bond acceptors (Lipinski definition) is 3. The monoisotopic (exact) mass is 254 g/mol. The fourth-order valence-corrected chi connectivity index (χ4v) is 1.37. The lowest BCUT2D eigenvalue weighted by Crippen LogP contribution is -1.88. The second kappa shape index (κ2) is 6.00. The third kappa shape index (κ3) is 3.88. The van der Waals surface area contributed by atoms with Crippen LogP contribution in [-0.4, -0.2) is 14.7 Å². The Morgan fingerprint density at radius 2 is 1.59 bits per heavy atom. The van der Waals surface area contributed by atoms with E-state index in [-0.39, 0.29) is 10.6 Å². The second-order valence-electron chi connectivity index (χ2n) is 3.01. The zero-order valence-corrected chi connectivity index (χ0v) is 9.45. The zero-order chi connectivity index (χ0) is 12.8. The van der Waals surface area contributed by atoms with Crippen LogP contribution in [0.5, 0.6) is 0 Å². The highest BCUT2D eigenvalue weighted by molar-refractivity contribution is 7.30. The van der Waals surface area contributed by atoms with E-state index in [0.29, 0.717) is 5.39 Å². The SMILES string of the molecule is O=[N+]([O-])c1cccc2ccccc12.O=[P+](O)O. The Bertz CT molecular complexity index is 548. The van der Waals surface area contributed by atoms with Crippen LogP contribution < -0.4 is 0 Å². The standard InChI is InChI=1S/C10H7NO2.HO3P/c12-11(13)10-7-3-5-8-4-1-2-6-9(8)10;1-4(2)3/h1-7H;(H-,1,2,3)/p+1. The Labute approximate surface area is 97.2 Å². The average molecular weight is 254 g/mol. The van der Waals surface area contributed by atoms with Gasteiger partial charge in [0.2, 0.25) is 0 Å². The van der Waals surface area contributed by atoms with E-state index in [4.69, 9.17) is 14.4 Å². The van der Waals surface area contributed by atoms with Gasteiger partial charge in [-0.05, 0) is 11.5 Å². The number of fused-ring (bicyclic) bond motifs is 1. The van der Waals surface area contributed by atoms with E-state index >= 15 is 0 Å². The molecule has 0 aliphatic rings. The molecule has 0 aromatic heterocycles. The Balaban J connectivity index is 0.000000317. The Morgan fingerprint density at radius 1 is 1.06 bits per heavy atom. The Kier molecular flexibility index (Phi) is 4.66. The van der Waals surface area contributed by atoms with Crippen LogP contribution in [0, 0.1) is 10.1 Å². The van der Waals surface area contributed by atoms with E-state index < -0.39 is 8.25 Å². The van der Waals surface area contributed by atoms with Gasteiger partial charge in [0.25, 0.3) is 5.69 Å². The minimum atomic E-state index is -2.87. The summed E-state index contributed by atoms with van der Waals surface area (Å²) in [4.78, 5) is 24.5. The molecule has 6 nitrogen and oxygen atoms in total. The highest BCUT2D eigenvalue weighted by atomic mass is 31.1. The molecule has 0 fully saturated rings. The smallest absolute Gasteiger partial charge is 0.258 e. The van der Waals surface area contributed by atoms with Crippen molar-refractivity contribution in [2.75, 3.05) is 0 Å². The summed E-state index contributed by atoms with van der Waals surface area (Å²) in [5.74, 6) is 0. The van der Waals surface area contributed by atoms with Crippen LogP contribution in [0.2, 0.25) is 0 Å². The van der Waals surface area contributed by atoms with Crippen molar-refractivity contribution in [3.8, 4) is 0 Å². The van der Waals surface area contributed by atoms with Crippen LogP contribution in [-0.2, 0) is 4.57 Å². The molecule has 0 aliphatic carbocycles. The zero-order valence-electron chi connectivity index (χ0n) is 8.56. The van der Waals surface area contributed by atoms with Crippen LogP contribution in [0.4, 0.5) is 5.69 Å². The topological polar surface area (TPSA) is 101 Å². The summed E-state index contributed by atoms with van der Waals surface area (Å²) in [6, 6.07) is 12.4. The van der Waals surface area contributed by atoms with Crippen molar-refractivity contribution in [1.82, 2.24) is 0 Å². The predicted molar refractivity (Wildman–Crippen MR) is 62.6 cm³/mol.